The molecular weight excluding hydrogens is 87.5 g/mol. The molecule has 0 unspecified atom stereocenters. The van der Waals surface area contributed by atoms with Crippen molar-refractivity contribution >= 4 is 12.4 Å². The van der Waals surface area contributed by atoms with Gasteiger partial charge in [0, 0.05) is 6.17 Å². The molecule has 0 saturated heterocycles. The minimum Gasteiger partial charge on any atom is -0.316 e. The Morgan fingerprint density at radius 2 is 1.40 bits per heavy atom. The van der Waals surface area contributed by atoms with Crippen molar-refractivity contribution in [3.05, 3.63) is 0 Å². The van der Waals surface area contributed by atoms with E-state index < -0.39 is 0 Å². The standard InChI is InChI=1S/C2H8N2.ClH/c1-2(3)4;/h2H,3-4H2,1H3;1H. The van der Waals surface area contributed by atoms with Crippen LogP contribution in [-0.2, 0) is 0 Å². The third-order valence-electron chi connectivity index (χ3n) is 0. The first-order valence-electron chi connectivity index (χ1n) is 1.24. The van der Waals surface area contributed by atoms with Crippen LogP contribution in [0.1, 0.15) is 6.92 Å². The Balaban J connectivity index is 0. The van der Waals surface area contributed by atoms with Crippen molar-refractivity contribution in [3.8, 4) is 0 Å². The normalized spacial score (nSPS) is 7.20. The Labute approximate surface area is 37.9 Å². The molecule has 0 radical (unpaired) electrons. The summed E-state index contributed by atoms with van der Waals surface area (Å²) in [4.78, 5) is 0. The van der Waals surface area contributed by atoms with Crippen molar-refractivity contribution in [1.82, 2.24) is 0 Å². The van der Waals surface area contributed by atoms with Gasteiger partial charge in [0.25, 0.3) is 0 Å². The maximum Gasteiger partial charge on any atom is 0.0491 e. The fourth-order valence-electron chi connectivity index (χ4n) is 0. The molecule has 0 aliphatic carbocycles. The average molecular weight is 96.6 g/mol. The van der Waals surface area contributed by atoms with Gasteiger partial charge in [0.2, 0.25) is 0 Å². The Kier molecular flexibility index (Phi) is 7.55. The van der Waals surface area contributed by atoms with E-state index in [1.54, 1.807) is 6.92 Å². The van der Waals surface area contributed by atoms with E-state index in [4.69, 9.17) is 11.5 Å². The van der Waals surface area contributed by atoms with Crippen LogP contribution in [0.3, 0.4) is 0 Å². The van der Waals surface area contributed by atoms with Crippen LogP contribution in [-0.4, -0.2) is 6.17 Å². The molecule has 0 aliphatic rings. The van der Waals surface area contributed by atoms with E-state index in [0.29, 0.717) is 0 Å². The van der Waals surface area contributed by atoms with E-state index in [9.17, 15) is 0 Å². The summed E-state index contributed by atoms with van der Waals surface area (Å²) in [5, 5.41) is 0. The van der Waals surface area contributed by atoms with E-state index in [2.05, 4.69) is 0 Å². The highest BCUT2D eigenvalue weighted by Crippen LogP contribution is 1.41. The maximum atomic E-state index is 4.89. The zero-order chi connectivity index (χ0) is 3.58. The van der Waals surface area contributed by atoms with Crippen molar-refractivity contribution in [3.63, 3.8) is 0 Å². The van der Waals surface area contributed by atoms with Crippen LogP contribution in [0.5, 0.6) is 0 Å². The monoisotopic (exact) mass is 96.0 g/mol. The first-order chi connectivity index (χ1) is 1.73. The molecule has 3 heteroatoms. The zero-order valence-electron chi connectivity index (χ0n) is 3.14. The highest BCUT2D eigenvalue weighted by molar-refractivity contribution is 5.85. The predicted molar refractivity (Wildman–Crippen MR) is 25.1 cm³/mol. The highest BCUT2D eigenvalue weighted by atomic mass is 35.5. The van der Waals surface area contributed by atoms with Crippen molar-refractivity contribution in [2.75, 3.05) is 0 Å². The Bertz CT molecular complexity index is 12.4. The molecule has 0 aromatic carbocycles. The van der Waals surface area contributed by atoms with Crippen molar-refractivity contribution in [2.45, 2.75) is 13.1 Å². The molecule has 4 N–H and O–H groups in total. The van der Waals surface area contributed by atoms with Gasteiger partial charge in [-0.15, -0.1) is 12.4 Å². The Hall–Kier alpha value is 0.210. The van der Waals surface area contributed by atoms with Gasteiger partial charge in [0.05, 0.1) is 0 Å². The second-order valence-corrected chi connectivity index (χ2v) is 0.859. The summed E-state index contributed by atoms with van der Waals surface area (Å²) in [6.45, 7) is 1.72. The van der Waals surface area contributed by atoms with Crippen LogP contribution in [0.15, 0.2) is 0 Å². The summed E-state index contributed by atoms with van der Waals surface area (Å²) >= 11 is 0. The fraction of sp³-hybridized carbons (Fsp3) is 1.00. The molecule has 0 heterocycles. The number of nitrogens with two attached hydrogens (primary N) is 2. The number of hydrogen-bond acceptors (Lipinski definition) is 2. The molecule has 34 valence electrons. The van der Waals surface area contributed by atoms with Gasteiger partial charge in [-0.3, -0.25) is 0 Å². The first kappa shape index (κ1) is 8.96. The molecule has 0 fully saturated rings. The predicted octanol–water partition coefficient (Wildman–Crippen LogP) is -0.328. The largest absolute Gasteiger partial charge is 0.316 e. The number of halogens is 1. The summed E-state index contributed by atoms with van der Waals surface area (Å²) < 4.78 is 0. The SMILES string of the molecule is CC(N)N.Cl. The molecule has 0 saturated carbocycles. The zero-order valence-corrected chi connectivity index (χ0v) is 3.96. The second-order valence-electron chi connectivity index (χ2n) is 0.859. The fourth-order valence-corrected chi connectivity index (χ4v) is 0. The van der Waals surface area contributed by atoms with Crippen molar-refractivity contribution in [2.24, 2.45) is 11.5 Å². The smallest absolute Gasteiger partial charge is 0.0491 e. The number of hydrogen-bond donors (Lipinski definition) is 2. The molecule has 0 rings (SSSR count). The summed E-state index contributed by atoms with van der Waals surface area (Å²) in [7, 11) is 0. The molecule has 0 aromatic rings. The maximum absolute atomic E-state index is 4.89. The third kappa shape index (κ3) is 466. The summed E-state index contributed by atoms with van der Waals surface area (Å²) in [6, 6.07) is 0. The first-order valence-corrected chi connectivity index (χ1v) is 1.24. The lowest BCUT2D eigenvalue weighted by Crippen LogP contribution is -2.25. The van der Waals surface area contributed by atoms with Crippen LogP contribution in [0.2, 0.25) is 0 Å². The average Bonchev–Trinajstić information content (AvgIpc) is 0.811. The van der Waals surface area contributed by atoms with Crippen LogP contribution >= 0.6 is 12.4 Å². The van der Waals surface area contributed by atoms with Gasteiger partial charge in [-0.25, -0.2) is 0 Å². The molecule has 0 amide bonds. The third-order valence-corrected chi connectivity index (χ3v) is 0. The van der Waals surface area contributed by atoms with E-state index in [-0.39, 0.29) is 18.6 Å². The summed E-state index contributed by atoms with van der Waals surface area (Å²) in [5.41, 5.74) is 9.78. The van der Waals surface area contributed by atoms with Crippen LogP contribution in [0.25, 0.3) is 0 Å². The summed E-state index contributed by atoms with van der Waals surface area (Å²) in [5.74, 6) is 0. The van der Waals surface area contributed by atoms with E-state index >= 15 is 0 Å². The van der Waals surface area contributed by atoms with Crippen LogP contribution < -0.4 is 11.5 Å². The van der Waals surface area contributed by atoms with Gasteiger partial charge in [-0.1, -0.05) is 0 Å². The number of rotatable bonds is 0. The van der Waals surface area contributed by atoms with E-state index in [1.807, 2.05) is 0 Å². The highest BCUT2D eigenvalue weighted by Gasteiger charge is 1.66. The lowest BCUT2D eigenvalue weighted by molar-refractivity contribution is 0.790. The molecule has 0 bridgehead atoms. The van der Waals surface area contributed by atoms with Gasteiger partial charge in [-0.2, -0.15) is 0 Å². The lowest BCUT2D eigenvalue weighted by atomic mass is 10.7. The molecule has 2 nitrogen and oxygen atoms in total. The molecular formula is C2H9ClN2. The molecule has 0 aliphatic heterocycles. The van der Waals surface area contributed by atoms with Gasteiger partial charge in [-0.05, 0) is 6.92 Å². The summed E-state index contributed by atoms with van der Waals surface area (Å²) in [6.07, 6.45) is -0.167. The quantitative estimate of drug-likeness (QED) is 0.406. The van der Waals surface area contributed by atoms with Crippen LogP contribution in [0.4, 0.5) is 0 Å². The lowest BCUT2D eigenvalue weighted by Gasteiger charge is -1.83. The van der Waals surface area contributed by atoms with Crippen LogP contribution in [0, 0.1) is 0 Å². The molecule has 5 heavy (non-hydrogen) atoms. The molecule has 0 aromatic heterocycles. The topological polar surface area (TPSA) is 52.0 Å². The second kappa shape index (κ2) is 4.21. The van der Waals surface area contributed by atoms with Gasteiger partial charge < -0.3 is 11.5 Å². The minimum absolute atomic E-state index is 0. The Morgan fingerprint density at radius 1 is 1.40 bits per heavy atom. The van der Waals surface area contributed by atoms with Gasteiger partial charge in [0.15, 0.2) is 0 Å². The molecule has 0 spiro atoms. The van der Waals surface area contributed by atoms with Crippen molar-refractivity contribution in [1.29, 1.82) is 0 Å². The van der Waals surface area contributed by atoms with Crippen molar-refractivity contribution < 1.29 is 0 Å². The van der Waals surface area contributed by atoms with E-state index in [1.165, 1.54) is 0 Å². The van der Waals surface area contributed by atoms with Gasteiger partial charge >= 0.3 is 0 Å². The van der Waals surface area contributed by atoms with E-state index in [0.717, 1.165) is 0 Å². The Morgan fingerprint density at radius 3 is 1.40 bits per heavy atom. The molecule has 0 atom stereocenters. The van der Waals surface area contributed by atoms with Gasteiger partial charge in [0.1, 0.15) is 0 Å². The minimum atomic E-state index is -0.167.